The number of likely N-dealkylation sites (N-methyl/N-ethyl adjacent to an activating group) is 1. The third-order valence-electron chi connectivity index (χ3n) is 17.9. The molecule has 3 saturated carbocycles. The number of aliphatic hydroxyl groups excluding tert-OH is 13. The van der Waals surface area contributed by atoms with Gasteiger partial charge in [0.2, 0.25) is 0 Å². The zero-order valence-electron chi connectivity index (χ0n) is 48.7. The summed E-state index contributed by atoms with van der Waals surface area (Å²) in [5.41, 5.74) is 23.2. The summed E-state index contributed by atoms with van der Waals surface area (Å²) in [6.07, 6.45) is -34.0. The Morgan fingerprint density at radius 1 is 0.667 bits per heavy atom. The first-order chi connectivity index (χ1) is 40.9. The van der Waals surface area contributed by atoms with Crippen LogP contribution in [0.1, 0.15) is 39.5 Å². The number of carbonyl (C=O) groups is 1. The number of rotatable bonds is 27. The van der Waals surface area contributed by atoms with Crippen LogP contribution >= 0.6 is 0 Å². The quantitative estimate of drug-likeness (QED) is 0.0268. The molecule has 30 atom stereocenters. The Morgan fingerprint density at radius 2 is 1.22 bits per heavy atom. The smallest absolute Gasteiger partial charge is 0.294 e. The number of carbonyl (C=O) groups excluding carboxylic acids is 1. The van der Waals surface area contributed by atoms with Gasteiger partial charge < -0.3 is 159 Å². The number of hydroxylamine groups is 1. The predicted molar refractivity (Wildman–Crippen MR) is 290 cm³/mol. The fourth-order valence-corrected chi connectivity index (χ4v) is 12.8. The summed E-state index contributed by atoms with van der Waals surface area (Å²) in [6.45, 7) is -0.886. The van der Waals surface area contributed by atoms with Gasteiger partial charge in [-0.15, -0.1) is 0 Å². The molecule has 4 heterocycles. The van der Waals surface area contributed by atoms with Crippen LogP contribution in [0.2, 0.25) is 0 Å². The van der Waals surface area contributed by atoms with Crippen LogP contribution in [-0.4, -0.2) is 343 Å². The maximum Gasteiger partial charge on any atom is 0.294 e. The van der Waals surface area contributed by atoms with Gasteiger partial charge in [0, 0.05) is 49.7 Å². The van der Waals surface area contributed by atoms with Crippen LogP contribution in [0.5, 0.6) is 0 Å². The number of amides is 1. The second-order valence-electron chi connectivity index (χ2n) is 24.8. The van der Waals surface area contributed by atoms with Gasteiger partial charge in [-0.1, -0.05) is 0 Å². The number of halogens is 2. The predicted octanol–water partition coefficient (Wildman–Crippen LogP) is -13.3. The summed E-state index contributed by atoms with van der Waals surface area (Å²) in [5.74, 6) is -6.77. The highest BCUT2D eigenvalue weighted by Crippen LogP contribution is 2.39. The van der Waals surface area contributed by atoms with Gasteiger partial charge in [-0.25, -0.2) is 8.78 Å². The van der Waals surface area contributed by atoms with E-state index in [2.05, 4.69) is 32.1 Å². The highest BCUT2D eigenvalue weighted by atomic mass is 19.3. The highest BCUT2D eigenvalue weighted by Gasteiger charge is 2.58. The molecule has 1 amide bonds. The van der Waals surface area contributed by atoms with E-state index in [0.29, 0.717) is 6.54 Å². The van der Waals surface area contributed by atoms with Gasteiger partial charge in [0.25, 0.3) is 11.8 Å². The van der Waals surface area contributed by atoms with Crippen LogP contribution in [-0.2, 0) is 42.8 Å². The van der Waals surface area contributed by atoms with E-state index in [1.54, 1.807) is 0 Å². The van der Waals surface area contributed by atoms with Crippen LogP contribution < -0.4 is 55.0 Å². The molecule has 7 rings (SSSR count). The van der Waals surface area contributed by atoms with Crippen molar-refractivity contribution in [3.63, 3.8) is 0 Å². The molecule has 36 heteroatoms. The molecule has 3 aliphatic carbocycles. The van der Waals surface area contributed by atoms with Gasteiger partial charge in [0.1, 0.15) is 90.6 Å². The molecule has 0 bridgehead atoms. The van der Waals surface area contributed by atoms with E-state index in [-0.39, 0.29) is 51.2 Å². The molecule has 508 valence electrons. The van der Waals surface area contributed by atoms with E-state index in [4.69, 9.17) is 60.9 Å². The zero-order valence-corrected chi connectivity index (χ0v) is 48.7. The van der Waals surface area contributed by atoms with Crippen molar-refractivity contribution >= 4 is 5.91 Å². The number of aliphatic hydroxyl groups is 15. The standard InChI is InChI=1S/C51H96F2N10O24/c1-49(78)16-80-46(36(74)42(49)58-3)86-39-23(8-21(56)27(30(39)68)41-33(71)31(69)28(66)25(83-41)12-60-10-18-6-19(55)7-18)61-20(13-65)14-82-63-43-37(75)47(81-17-50(43,2)79)87-40-24(62-45(77)44(76)51(52,53)15-54)9-22(57)38(35(40)73)85-48-34(72)32(70)29(67)26(84-48)11-59-4-5-64/h18-44,46-48,58-61,63-76,78-79H,4-17,54-57H2,1-3H3,(H,62,77). The topological polar surface area (TPSA) is 571 Å². The van der Waals surface area contributed by atoms with E-state index >= 15 is 0 Å². The Kier molecular flexibility index (Phi) is 25.7. The van der Waals surface area contributed by atoms with E-state index < -0.39 is 227 Å². The van der Waals surface area contributed by atoms with E-state index in [1.807, 2.05) is 0 Å². The molecule has 87 heavy (non-hydrogen) atoms. The summed E-state index contributed by atoms with van der Waals surface area (Å²) in [6, 6.07) is -8.80. The number of hydrogen-bond acceptors (Lipinski definition) is 33. The summed E-state index contributed by atoms with van der Waals surface area (Å²) in [4.78, 5) is 18.9. The lowest BCUT2D eigenvalue weighted by atomic mass is 9.72. The van der Waals surface area contributed by atoms with E-state index in [1.165, 1.54) is 20.9 Å². The van der Waals surface area contributed by atoms with Crippen molar-refractivity contribution in [2.45, 2.75) is 228 Å². The van der Waals surface area contributed by atoms with Gasteiger partial charge in [-0.3, -0.25) is 9.63 Å². The second kappa shape index (κ2) is 30.9. The number of ether oxygens (including phenoxy) is 7. The van der Waals surface area contributed by atoms with Gasteiger partial charge in [0.05, 0.1) is 82.1 Å². The summed E-state index contributed by atoms with van der Waals surface area (Å²) in [5, 5.41) is 180. The minimum absolute atomic E-state index is 0.0439. The minimum atomic E-state index is -4.14. The fraction of sp³-hybridized carbons (Fsp3) is 0.980. The molecule has 4 saturated heterocycles. The number of alkyl halides is 2. The average Bonchev–Trinajstić information content (AvgIpc) is 0.897. The van der Waals surface area contributed by atoms with Crippen LogP contribution in [0.25, 0.3) is 0 Å². The number of nitrogens with two attached hydrogens (primary N) is 4. The van der Waals surface area contributed by atoms with Crippen LogP contribution in [0.3, 0.4) is 0 Å². The molecule has 0 spiro atoms. The SMILES string of the molecule is CNC1C(O)C(OC2C(NC(CO)CONC3C(O)C(OC4C(NC(=O)C(O)C(F)(F)CN)CC(N)C(OC5OC(CNCCO)C(O)C(O)C5O)C4O)OCC3(C)O)CC(N)C(C3OC(CNCC4CC(N)C4)C(O)C(O)C3O)C2O)OCC1(C)O. The van der Waals surface area contributed by atoms with Gasteiger partial charge in [0.15, 0.2) is 25.0 Å². The third kappa shape index (κ3) is 16.7. The maximum atomic E-state index is 14.5. The fourth-order valence-electron chi connectivity index (χ4n) is 12.8. The molecule has 0 radical (unpaired) electrons. The van der Waals surface area contributed by atoms with Crippen molar-refractivity contribution in [2.24, 2.45) is 34.8 Å². The molecule has 0 aromatic heterocycles. The van der Waals surface area contributed by atoms with Crippen LogP contribution in [0, 0.1) is 11.8 Å². The lowest BCUT2D eigenvalue weighted by molar-refractivity contribution is -0.333. The molecule has 7 aliphatic rings. The monoisotopic (exact) mass is 1270 g/mol. The van der Waals surface area contributed by atoms with Gasteiger partial charge in [-0.05, 0) is 59.0 Å². The Hall–Kier alpha value is -1.95. The first kappa shape index (κ1) is 72.5. The van der Waals surface area contributed by atoms with Crippen molar-refractivity contribution in [3.8, 4) is 0 Å². The molecule has 4 aliphatic heterocycles. The molecule has 30 unspecified atom stereocenters. The van der Waals surface area contributed by atoms with Crippen molar-refractivity contribution in [3.05, 3.63) is 0 Å². The number of nitrogens with one attached hydrogen (secondary N) is 6. The molecule has 34 nitrogen and oxygen atoms in total. The Bertz CT molecular complexity index is 2130. The molecular weight excluding hydrogens is 1170 g/mol. The largest absolute Gasteiger partial charge is 0.395 e. The van der Waals surface area contributed by atoms with Gasteiger partial charge in [-0.2, -0.15) is 5.48 Å². The third-order valence-corrected chi connectivity index (χ3v) is 17.9. The van der Waals surface area contributed by atoms with Crippen molar-refractivity contribution in [2.75, 3.05) is 72.8 Å². The average molecular weight is 1270 g/mol. The summed E-state index contributed by atoms with van der Waals surface area (Å²) >= 11 is 0. The summed E-state index contributed by atoms with van der Waals surface area (Å²) < 4.78 is 70.9. The Morgan fingerprint density at radius 3 is 1.80 bits per heavy atom. The molecule has 29 N–H and O–H groups in total. The number of hydrogen-bond donors (Lipinski definition) is 25. The lowest BCUT2D eigenvalue weighted by Gasteiger charge is -2.52. The highest BCUT2D eigenvalue weighted by molar-refractivity contribution is 5.82. The Balaban J connectivity index is 1.06. The molecular formula is C51H96F2N10O24. The summed E-state index contributed by atoms with van der Waals surface area (Å²) in [7, 11) is 1.49. The first-order valence-electron chi connectivity index (χ1n) is 29.4. The van der Waals surface area contributed by atoms with Crippen molar-refractivity contribution in [1.29, 1.82) is 0 Å². The molecule has 7 fully saturated rings. The van der Waals surface area contributed by atoms with Gasteiger partial charge >= 0.3 is 0 Å². The minimum Gasteiger partial charge on any atom is -0.395 e. The van der Waals surface area contributed by atoms with Crippen molar-refractivity contribution in [1.82, 2.24) is 32.1 Å². The normalized spacial score (nSPS) is 47.2. The maximum absolute atomic E-state index is 14.5. The first-order valence-corrected chi connectivity index (χ1v) is 29.4. The lowest BCUT2D eigenvalue weighted by Crippen LogP contribution is -2.71. The van der Waals surface area contributed by atoms with E-state index in [9.17, 15) is 90.2 Å². The Labute approximate surface area is 500 Å². The van der Waals surface area contributed by atoms with Crippen molar-refractivity contribution < 1.29 is 128 Å². The van der Waals surface area contributed by atoms with Crippen LogP contribution in [0.4, 0.5) is 8.78 Å². The van der Waals surface area contributed by atoms with E-state index in [0.717, 1.165) is 12.8 Å². The molecule has 0 aromatic rings. The molecule has 0 aromatic carbocycles. The zero-order chi connectivity index (χ0) is 64.2. The second-order valence-corrected chi connectivity index (χ2v) is 24.8. The van der Waals surface area contributed by atoms with Crippen LogP contribution in [0.15, 0.2) is 0 Å².